The van der Waals surface area contributed by atoms with E-state index >= 15 is 0 Å². The predicted octanol–water partition coefficient (Wildman–Crippen LogP) is 2.86. The normalized spacial score (nSPS) is 10.5. The molecule has 2 aromatic carbocycles. The SMILES string of the molecule is COc1cc(NC(=O)Cn2nnc(-c3cccc(Cl)c3)n2)c(C)cc1[N+](=O)[O-]. The summed E-state index contributed by atoms with van der Waals surface area (Å²) in [6, 6.07) is 9.69. The van der Waals surface area contributed by atoms with E-state index in [-0.39, 0.29) is 18.0 Å². The number of ether oxygens (including phenoxy) is 1. The minimum atomic E-state index is -0.547. The van der Waals surface area contributed by atoms with Crippen LogP contribution >= 0.6 is 11.6 Å². The molecule has 1 N–H and O–H groups in total. The lowest BCUT2D eigenvalue weighted by Gasteiger charge is -2.10. The molecule has 11 heteroatoms. The fourth-order valence-corrected chi connectivity index (χ4v) is 2.68. The number of nitrogens with one attached hydrogen (secondary N) is 1. The topological polar surface area (TPSA) is 125 Å². The molecule has 1 aromatic heterocycles. The van der Waals surface area contributed by atoms with Gasteiger partial charge in [0.05, 0.1) is 12.0 Å². The maximum Gasteiger partial charge on any atom is 0.311 e. The summed E-state index contributed by atoms with van der Waals surface area (Å²) >= 11 is 5.95. The van der Waals surface area contributed by atoms with Gasteiger partial charge in [-0.2, -0.15) is 4.80 Å². The molecule has 0 radical (unpaired) electrons. The zero-order valence-corrected chi connectivity index (χ0v) is 15.7. The third-order valence-corrected chi connectivity index (χ3v) is 4.05. The van der Waals surface area contributed by atoms with Crippen LogP contribution < -0.4 is 10.1 Å². The van der Waals surface area contributed by atoms with E-state index in [1.807, 2.05) is 0 Å². The van der Waals surface area contributed by atoms with Crippen molar-refractivity contribution < 1.29 is 14.5 Å². The van der Waals surface area contributed by atoms with Crippen LogP contribution in [-0.2, 0) is 11.3 Å². The summed E-state index contributed by atoms with van der Waals surface area (Å²) in [6.45, 7) is 1.46. The molecular formula is C17H15ClN6O4. The van der Waals surface area contributed by atoms with E-state index in [9.17, 15) is 14.9 Å². The molecule has 0 fully saturated rings. The van der Waals surface area contributed by atoms with Crippen LogP contribution in [0.4, 0.5) is 11.4 Å². The number of anilines is 1. The monoisotopic (exact) mass is 402 g/mol. The van der Waals surface area contributed by atoms with Crippen LogP contribution in [0.25, 0.3) is 11.4 Å². The Balaban J connectivity index is 1.74. The van der Waals surface area contributed by atoms with Crippen molar-refractivity contribution in [2.24, 2.45) is 0 Å². The van der Waals surface area contributed by atoms with Crippen LogP contribution in [0, 0.1) is 17.0 Å². The van der Waals surface area contributed by atoms with Crippen molar-refractivity contribution >= 4 is 28.9 Å². The quantitative estimate of drug-likeness (QED) is 0.496. The number of hydrogen-bond donors (Lipinski definition) is 1. The highest BCUT2D eigenvalue weighted by Crippen LogP contribution is 2.32. The van der Waals surface area contributed by atoms with Gasteiger partial charge in [-0.15, -0.1) is 10.2 Å². The second-order valence-corrected chi connectivity index (χ2v) is 6.23. The van der Waals surface area contributed by atoms with Gasteiger partial charge in [0.2, 0.25) is 11.7 Å². The molecule has 0 aliphatic carbocycles. The average molecular weight is 403 g/mol. The molecule has 0 bridgehead atoms. The summed E-state index contributed by atoms with van der Waals surface area (Å²) in [5, 5.41) is 26.2. The number of halogens is 1. The first-order valence-corrected chi connectivity index (χ1v) is 8.42. The van der Waals surface area contributed by atoms with Crippen LogP contribution in [-0.4, -0.2) is 38.1 Å². The Morgan fingerprint density at radius 2 is 2.14 bits per heavy atom. The number of carbonyl (C=O) groups is 1. The van der Waals surface area contributed by atoms with Gasteiger partial charge in [0.1, 0.15) is 6.54 Å². The van der Waals surface area contributed by atoms with Gasteiger partial charge in [-0.25, -0.2) is 0 Å². The Bertz CT molecular complexity index is 1050. The molecule has 0 aliphatic rings. The number of rotatable bonds is 6. The number of nitrogens with zero attached hydrogens (tertiary/aromatic N) is 5. The Morgan fingerprint density at radius 3 is 2.82 bits per heavy atom. The Morgan fingerprint density at radius 1 is 1.36 bits per heavy atom. The zero-order chi connectivity index (χ0) is 20.3. The highest BCUT2D eigenvalue weighted by Gasteiger charge is 2.19. The van der Waals surface area contributed by atoms with E-state index in [0.29, 0.717) is 27.7 Å². The smallest absolute Gasteiger partial charge is 0.311 e. The number of tetrazole rings is 1. The Kier molecular flexibility index (Phi) is 5.50. The van der Waals surface area contributed by atoms with E-state index in [1.54, 1.807) is 31.2 Å². The van der Waals surface area contributed by atoms with Gasteiger partial charge in [-0.3, -0.25) is 14.9 Å². The number of aromatic nitrogens is 4. The third-order valence-electron chi connectivity index (χ3n) is 3.82. The average Bonchev–Trinajstić information content (AvgIpc) is 3.11. The molecular weight excluding hydrogens is 388 g/mol. The Hall–Kier alpha value is -3.53. The van der Waals surface area contributed by atoms with Gasteiger partial charge < -0.3 is 10.1 Å². The molecule has 0 saturated heterocycles. The molecule has 3 rings (SSSR count). The van der Waals surface area contributed by atoms with Crippen LogP contribution in [0.15, 0.2) is 36.4 Å². The second-order valence-electron chi connectivity index (χ2n) is 5.80. The molecule has 0 atom stereocenters. The van der Waals surface area contributed by atoms with Crippen molar-refractivity contribution in [1.82, 2.24) is 20.2 Å². The molecule has 1 amide bonds. The van der Waals surface area contributed by atoms with Gasteiger partial charge in [-0.05, 0) is 29.8 Å². The largest absolute Gasteiger partial charge is 0.490 e. The van der Waals surface area contributed by atoms with Crippen LogP contribution in [0.2, 0.25) is 5.02 Å². The van der Waals surface area contributed by atoms with Crippen molar-refractivity contribution in [2.75, 3.05) is 12.4 Å². The first-order valence-electron chi connectivity index (χ1n) is 8.04. The molecule has 0 saturated carbocycles. The van der Waals surface area contributed by atoms with Crippen molar-refractivity contribution in [3.05, 3.63) is 57.1 Å². The molecule has 1 heterocycles. The van der Waals surface area contributed by atoms with Crippen molar-refractivity contribution in [3.63, 3.8) is 0 Å². The molecule has 0 unspecified atom stereocenters. The van der Waals surface area contributed by atoms with Gasteiger partial charge in [0.25, 0.3) is 0 Å². The molecule has 0 aliphatic heterocycles. The first kappa shape index (κ1) is 19.2. The maximum atomic E-state index is 12.3. The van der Waals surface area contributed by atoms with E-state index in [2.05, 4.69) is 20.7 Å². The van der Waals surface area contributed by atoms with Crippen LogP contribution in [0.1, 0.15) is 5.56 Å². The van der Waals surface area contributed by atoms with E-state index in [0.717, 1.165) is 4.80 Å². The van der Waals surface area contributed by atoms with E-state index in [1.165, 1.54) is 19.2 Å². The fraction of sp³-hybridized carbons (Fsp3) is 0.176. The number of nitro benzene ring substituents is 1. The third kappa shape index (κ3) is 4.23. The molecule has 144 valence electrons. The highest BCUT2D eigenvalue weighted by atomic mass is 35.5. The molecule has 28 heavy (non-hydrogen) atoms. The standard InChI is InChI=1S/C17H15ClN6O4/c1-10-6-14(24(26)27)15(28-2)8-13(10)19-16(25)9-23-21-17(20-22-23)11-4-3-5-12(18)7-11/h3-8H,9H2,1-2H3,(H,19,25). The number of amides is 1. The lowest BCUT2D eigenvalue weighted by molar-refractivity contribution is -0.385. The number of hydrogen-bond acceptors (Lipinski definition) is 7. The van der Waals surface area contributed by atoms with E-state index in [4.69, 9.17) is 16.3 Å². The minimum Gasteiger partial charge on any atom is -0.490 e. The molecule has 0 spiro atoms. The first-order chi connectivity index (χ1) is 13.4. The number of carbonyl (C=O) groups excluding carboxylic acids is 1. The number of nitro groups is 1. The predicted molar refractivity (Wildman–Crippen MR) is 101 cm³/mol. The number of aryl methyl sites for hydroxylation is 1. The van der Waals surface area contributed by atoms with Crippen LogP contribution in [0.5, 0.6) is 5.75 Å². The molecule has 10 nitrogen and oxygen atoms in total. The minimum absolute atomic E-state index is 0.0491. The number of methoxy groups -OCH3 is 1. The van der Waals surface area contributed by atoms with Gasteiger partial charge >= 0.3 is 5.69 Å². The maximum absolute atomic E-state index is 12.3. The van der Waals surface area contributed by atoms with E-state index < -0.39 is 10.8 Å². The number of benzene rings is 2. The second kappa shape index (κ2) is 8.01. The van der Waals surface area contributed by atoms with Gasteiger partial charge in [0, 0.05) is 28.4 Å². The summed E-state index contributed by atoms with van der Waals surface area (Å²) in [7, 11) is 1.32. The van der Waals surface area contributed by atoms with Gasteiger partial charge in [-0.1, -0.05) is 23.7 Å². The summed E-state index contributed by atoms with van der Waals surface area (Å²) in [4.78, 5) is 24.0. The summed E-state index contributed by atoms with van der Waals surface area (Å²) < 4.78 is 5.02. The summed E-state index contributed by atoms with van der Waals surface area (Å²) in [6.07, 6.45) is 0. The molecule has 3 aromatic rings. The zero-order valence-electron chi connectivity index (χ0n) is 14.9. The summed E-state index contributed by atoms with van der Waals surface area (Å²) in [5.74, 6) is -0.0365. The fourth-order valence-electron chi connectivity index (χ4n) is 2.49. The van der Waals surface area contributed by atoms with Crippen molar-refractivity contribution in [1.29, 1.82) is 0 Å². The van der Waals surface area contributed by atoms with Gasteiger partial charge in [0.15, 0.2) is 5.75 Å². The van der Waals surface area contributed by atoms with Crippen molar-refractivity contribution in [3.8, 4) is 17.1 Å². The summed E-state index contributed by atoms with van der Waals surface area (Å²) in [5.41, 5.74) is 1.41. The highest BCUT2D eigenvalue weighted by molar-refractivity contribution is 6.30. The lowest BCUT2D eigenvalue weighted by atomic mass is 10.1. The van der Waals surface area contributed by atoms with Crippen molar-refractivity contribution in [2.45, 2.75) is 13.5 Å². The Labute approximate surface area is 164 Å². The lowest BCUT2D eigenvalue weighted by Crippen LogP contribution is -2.21. The van der Waals surface area contributed by atoms with Crippen LogP contribution in [0.3, 0.4) is 0 Å².